The Bertz CT molecular complexity index is 1630. The Morgan fingerprint density at radius 2 is 1.64 bits per heavy atom. The molecule has 0 atom stereocenters. The van der Waals surface area contributed by atoms with Gasteiger partial charge < -0.3 is 10.6 Å². The molecule has 0 saturated carbocycles. The van der Waals surface area contributed by atoms with Crippen molar-refractivity contribution >= 4 is 33.3 Å². The molecule has 1 amide bonds. The number of nitrogens with zero attached hydrogens (tertiary/aromatic N) is 5. The number of carbonyl (C=O) groups excluding carboxylic acids is 1. The van der Waals surface area contributed by atoms with Crippen LogP contribution in [0.5, 0.6) is 0 Å². The zero-order valence-corrected chi connectivity index (χ0v) is 24.1. The van der Waals surface area contributed by atoms with E-state index in [0.29, 0.717) is 23.7 Å². The molecule has 2 aromatic carbocycles. The van der Waals surface area contributed by atoms with Crippen molar-refractivity contribution in [2.45, 2.75) is 13.5 Å². The van der Waals surface area contributed by atoms with Gasteiger partial charge in [-0.2, -0.15) is 8.42 Å². The molecule has 1 saturated heterocycles. The van der Waals surface area contributed by atoms with E-state index < -0.39 is 10.1 Å². The van der Waals surface area contributed by atoms with Crippen LogP contribution in [-0.4, -0.2) is 82.1 Å². The van der Waals surface area contributed by atoms with Crippen LogP contribution < -0.4 is 10.6 Å². The summed E-state index contributed by atoms with van der Waals surface area (Å²) in [6.45, 7) is 6.14. The molecule has 0 bridgehead atoms. The van der Waals surface area contributed by atoms with E-state index in [1.165, 1.54) is 0 Å². The van der Waals surface area contributed by atoms with Gasteiger partial charge in [0.25, 0.3) is 16.0 Å². The van der Waals surface area contributed by atoms with Crippen LogP contribution in [0.1, 0.15) is 21.5 Å². The standard InChI is InChI=1S/C30H33N7O4S/c1-22-2-7-26(20-28(22)35-30-32-13-10-27(34-30)24-8-11-31-12-9-24)33-29(38)25-5-3-23(4-6-25)21-37-16-14-36(15-17-37)18-19-42(39,40)41/h2-13,20H,14-19,21H2,1H3,(H,33,38)(H,32,34,35)(H,39,40,41). The van der Waals surface area contributed by atoms with E-state index in [0.717, 1.165) is 60.8 Å². The second-order valence-corrected chi connectivity index (χ2v) is 11.8. The molecule has 1 aliphatic rings. The average molecular weight is 588 g/mol. The van der Waals surface area contributed by atoms with Crippen molar-refractivity contribution in [1.29, 1.82) is 0 Å². The zero-order valence-electron chi connectivity index (χ0n) is 23.3. The van der Waals surface area contributed by atoms with Crippen molar-refractivity contribution in [2.75, 3.05) is 49.1 Å². The quantitative estimate of drug-likeness (QED) is 0.234. The summed E-state index contributed by atoms with van der Waals surface area (Å²) in [4.78, 5) is 30.3. The third-order valence-corrected chi connectivity index (χ3v) is 7.82. The van der Waals surface area contributed by atoms with Crippen LogP contribution in [0.15, 0.2) is 79.3 Å². The first kappa shape index (κ1) is 29.3. The van der Waals surface area contributed by atoms with Crippen molar-refractivity contribution < 1.29 is 17.8 Å². The average Bonchev–Trinajstić information content (AvgIpc) is 2.99. The second kappa shape index (κ2) is 13.2. The zero-order chi connectivity index (χ0) is 29.5. The topological polar surface area (TPSA) is 141 Å². The maximum absolute atomic E-state index is 13.0. The number of piperazine rings is 1. The summed E-state index contributed by atoms with van der Waals surface area (Å²) >= 11 is 0. The Labute approximate surface area is 245 Å². The molecule has 0 spiro atoms. The molecule has 0 radical (unpaired) electrons. The fourth-order valence-corrected chi connectivity index (χ4v) is 5.18. The SMILES string of the molecule is Cc1ccc(NC(=O)c2ccc(CN3CCN(CCS(=O)(=O)O)CC3)cc2)cc1Nc1nccc(-c2ccncc2)n1. The maximum Gasteiger partial charge on any atom is 0.266 e. The van der Waals surface area contributed by atoms with Crippen molar-refractivity contribution in [2.24, 2.45) is 0 Å². The molecule has 42 heavy (non-hydrogen) atoms. The van der Waals surface area contributed by atoms with Crippen LogP contribution >= 0.6 is 0 Å². The van der Waals surface area contributed by atoms with Crippen molar-refractivity contribution in [3.8, 4) is 11.3 Å². The molecule has 5 rings (SSSR count). The van der Waals surface area contributed by atoms with Gasteiger partial charge in [0.2, 0.25) is 5.95 Å². The predicted molar refractivity (Wildman–Crippen MR) is 162 cm³/mol. The molecule has 0 aliphatic carbocycles. The normalized spacial score (nSPS) is 14.4. The summed E-state index contributed by atoms with van der Waals surface area (Å²) in [7, 11) is -3.94. The van der Waals surface area contributed by atoms with E-state index in [1.807, 2.05) is 72.5 Å². The molecule has 0 unspecified atom stereocenters. The number of nitrogens with one attached hydrogen (secondary N) is 2. The number of hydrogen-bond acceptors (Lipinski definition) is 9. The van der Waals surface area contributed by atoms with Crippen molar-refractivity contribution in [3.05, 3.63) is 95.9 Å². The summed E-state index contributed by atoms with van der Waals surface area (Å²) in [6.07, 6.45) is 5.14. The van der Waals surface area contributed by atoms with Crippen molar-refractivity contribution in [3.63, 3.8) is 0 Å². The molecule has 3 N–H and O–H groups in total. The Morgan fingerprint density at radius 1 is 0.929 bits per heavy atom. The van der Waals surface area contributed by atoms with Gasteiger partial charge in [-0.15, -0.1) is 0 Å². The summed E-state index contributed by atoms with van der Waals surface area (Å²) in [5.41, 5.74) is 5.77. The highest BCUT2D eigenvalue weighted by molar-refractivity contribution is 7.85. The Kier molecular flexibility index (Phi) is 9.18. The van der Waals surface area contributed by atoms with Crippen molar-refractivity contribution in [1.82, 2.24) is 24.8 Å². The van der Waals surface area contributed by atoms with E-state index in [-0.39, 0.29) is 11.7 Å². The van der Waals surface area contributed by atoms with E-state index in [4.69, 9.17) is 4.55 Å². The summed E-state index contributed by atoms with van der Waals surface area (Å²) < 4.78 is 30.9. The van der Waals surface area contributed by atoms with Crippen LogP contribution in [0.25, 0.3) is 11.3 Å². The van der Waals surface area contributed by atoms with Gasteiger partial charge in [-0.1, -0.05) is 18.2 Å². The first-order chi connectivity index (χ1) is 20.2. The third-order valence-electron chi connectivity index (χ3n) is 7.13. The van der Waals surface area contributed by atoms with Gasteiger partial charge in [0.15, 0.2) is 0 Å². The Hall–Kier alpha value is -4.23. The van der Waals surface area contributed by atoms with Gasteiger partial charge in [0, 0.05) is 80.4 Å². The number of carbonyl (C=O) groups is 1. The molecule has 218 valence electrons. The number of pyridine rings is 1. The first-order valence-corrected chi connectivity index (χ1v) is 15.2. The van der Waals surface area contributed by atoms with Gasteiger partial charge in [-0.25, -0.2) is 9.97 Å². The molecule has 1 fully saturated rings. The minimum absolute atomic E-state index is 0.209. The molecule has 11 nitrogen and oxygen atoms in total. The van der Waals surface area contributed by atoms with Gasteiger partial charge in [-0.05, 0) is 60.5 Å². The van der Waals surface area contributed by atoms with Crippen LogP contribution in [0, 0.1) is 6.92 Å². The van der Waals surface area contributed by atoms with E-state index >= 15 is 0 Å². The lowest BCUT2D eigenvalue weighted by molar-refractivity contribution is 0.102. The van der Waals surface area contributed by atoms with E-state index in [2.05, 4.69) is 30.5 Å². The fourth-order valence-electron chi connectivity index (χ4n) is 4.70. The van der Waals surface area contributed by atoms with Gasteiger partial charge in [0.05, 0.1) is 11.4 Å². The highest BCUT2D eigenvalue weighted by Crippen LogP contribution is 2.25. The molecule has 12 heteroatoms. The molecule has 1 aliphatic heterocycles. The lowest BCUT2D eigenvalue weighted by atomic mass is 10.1. The monoisotopic (exact) mass is 587 g/mol. The molecule has 4 aromatic rings. The number of benzene rings is 2. The van der Waals surface area contributed by atoms with Gasteiger partial charge in [-0.3, -0.25) is 24.1 Å². The van der Waals surface area contributed by atoms with E-state index in [9.17, 15) is 13.2 Å². The van der Waals surface area contributed by atoms with E-state index in [1.54, 1.807) is 18.6 Å². The number of anilines is 3. The third kappa shape index (κ3) is 8.17. The number of rotatable bonds is 10. The molecule has 3 heterocycles. The molecular formula is C30H33N7O4S. The second-order valence-electron chi connectivity index (χ2n) is 10.2. The van der Waals surface area contributed by atoms with Gasteiger partial charge >= 0.3 is 0 Å². The summed E-state index contributed by atoms with van der Waals surface area (Å²) in [6, 6.07) is 18.8. The van der Waals surface area contributed by atoms with Crippen LogP contribution in [0.4, 0.5) is 17.3 Å². The number of amides is 1. The smallest absolute Gasteiger partial charge is 0.266 e. The summed E-state index contributed by atoms with van der Waals surface area (Å²) in [5, 5.41) is 6.24. The number of aryl methyl sites for hydroxylation is 1. The maximum atomic E-state index is 13.0. The lowest BCUT2D eigenvalue weighted by Crippen LogP contribution is -2.47. The minimum atomic E-state index is -3.94. The van der Waals surface area contributed by atoms with Crippen LogP contribution in [0.3, 0.4) is 0 Å². The van der Waals surface area contributed by atoms with Gasteiger partial charge in [0.1, 0.15) is 0 Å². The minimum Gasteiger partial charge on any atom is -0.324 e. The lowest BCUT2D eigenvalue weighted by Gasteiger charge is -2.34. The Balaban J connectivity index is 1.16. The highest BCUT2D eigenvalue weighted by Gasteiger charge is 2.19. The first-order valence-electron chi connectivity index (χ1n) is 13.6. The predicted octanol–water partition coefficient (Wildman–Crippen LogP) is 3.85. The molecule has 2 aromatic heterocycles. The summed E-state index contributed by atoms with van der Waals surface area (Å²) in [5.74, 6) is -0.00240. The number of aromatic nitrogens is 3. The number of hydrogen-bond donors (Lipinski definition) is 3. The fraction of sp³-hybridized carbons (Fsp3) is 0.267. The largest absolute Gasteiger partial charge is 0.324 e. The van der Waals surface area contributed by atoms with Crippen LogP contribution in [0.2, 0.25) is 0 Å². The van der Waals surface area contributed by atoms with Crippen LogP contribution in [-0.2, 0) is 16.7 Å². The Morgan fingerprint density at radius 3 is 2.36 bits per heavy atom. The molecular weight excluding hydrogens is 554 g/mol. The highest BCUT2D eigenvalue weighted by atomic mass is 32.2.